The van der Waals surface area contributed by atoms with Gasteiger partial charge < -0.3 is 4.90 Å². The number of rotatable bonds is 4. The zero-order chi connectivity index (χ0) is 20.7. The lowest BCUT2D eigenvalue weighted by Crippen LogP contribution is -2.28. The van der Waals surface area contributed by atoms with Gasteiger partial charge in [-0.15, -0.1) is 0 Å². The van der Waals surface area contributed by atoms with E-state index in [2.05, 4.69) is 41.3 Å². The van der Waals surface area contributed by atoms with Gasteiger partial charge in [0, 0.05) is 54.9 Å². The highest BCUT2D eigenvalue weighted by atomic mass is 16.2. The second-order valence-electron chi connectivity index (χ2n) is 8.32. The molecule has 3 aromatic rings. The Morgan fingerprint density at radius 2 is 2.03 bits per heavy atom. The minimum Gasteiger partial charge on any atom is -0.337 e. The predicted octanol–water partition coefficient (Wildman–Crippen LogP) is 3.58. The maximum Gasteiger partial charge on any atom is 0.274 e. The smallest absolute Gasteiger partial charge is 0.274 e. The van der Waals surface area contributed by atoms with Crippen LogP contribution in [0.1, 0.15) is 65.4 Å². The van der Waals surface area contributed by atoms with Crippen LogP contribution < -0.4 is 0 Å². The molecule has 1 aliphatic rings. The molecular weight excluding hydrogens is 364 g/mol. The molecule has 3 aromatic heterocycles. The molecule has 4 heterocycles. The third-order valence-corrected chi connectivity index (χ3v) is 5.63. The van der Waals surface area contributed by atoms with Crippen LogP contribution in [0.25, 0.3) is 11.1 Å². The number of amides is 1. The topological polar surface area (TPSA) is 79.7 Å². The van der Waals surface area contributed by atoms with Crippen molar-refractivity contribution in [2.24, 2.45) is 7.05 Å². The summed E-state index contributed by atoms with van der Waals surface area (Å²) in [5.41, 5.74) is 6.79. The van der Waals surface area contributed by atoms with Crippen molar-refractivity contribution in [2.45, 2.75) is 46.0 Å². The van der Waals surface area contributed by atoms with Gasteiger partial charge in [0.2, 0.25) is 0 Å². The molecule has 0 radical (unpaired) electrons. The summed E-state index contributed by atoms with van der Waals surface area (Å²) in [4.78, 5) is 19.6. The standard InChI is InChI=1S/C22H28N6O/c1-13(2)19-10-21(25-24-19)22(29)28-7-6-16(11-28)20-9-17(8-14(3)23-20)18-12-27(5)26-15(18)4/h8-10,12-13,16H,6-7,11H2,1-5H3,(H,24,25). The molecule has 1 saturated heterocycles. The van der Waals surface area contributed by atoms with Gasteiger partial charge in [0.25, 0.3) is 5.91 Å². The average molecular weight is 393 g/mol. The molecule has 0 aromatic carbocycles. The Labute approximate surface area is 171 Å². The Bertz CT molecular complexity index is 1050. The minimum absolute atomic E-state index is 0.00775. The number of likely N-dealkylation sites (tertiary alicyclic amines) is 1. The number of nitrogens with zero attached hydrogens (tertiary/aromatic N) is 5. The van der Waals surface area contributed by atoms with Crippen LogP contribution in [0.15, 0.2) is 24.4 Å². The maximum absolute atomic E-state index is 12.9. The third kappa shape index (κ3) is 3.81. The molecule has 152 valence electrons. The van der Waals surface area contributed by atoms with E-state index in [4.69, 9.17) is 4.98 Å². The first-order valence-corrected chi connectivity index (χ1v) is 10.2. The zero-order valence-electron chi connectivity index (χ0n) is 17.7. The SMILES string of the molecule is Cc1cc(-c2cn(C)nc2C)cc(C2CCN(C(=O)c3cc(C(C)C)[nH]n3)C2)n1. The monoisotopic (exact) mass is 392 g/mol. The van der Waals surface area contributed by atoms with Gasteiger partial charge in [-0.3, -0.25) is 19.6 Å². The van der Waals surface area contributed by atoms with Gasteiger partial charge in [0.15, 0.2) is 0 Å². The van der Waals surface area contributed by atoms with E-state index in [1.165, 1.54) is 0 Å². The van der Waals surface area contributed by atoms with E-state index in [0.29, 0.717) is 18.2 Å². The van der Waals surface area contributed by atoms with Crippen LogP contribution in [0.5, 0.6) is 0 Å². The molecule has 1 aliphatic heterocycles. The molecule has 0 saturated carbocycles. The van der Waals surface area contributed by atoms with Crippen molar-refractivity contribution >= 4 is 5.91 Å². The minimum atomic E-state index is -0.00775. The van der Waals surface area contributed by atoms with E-state index in [9.17, 15) is 4.79 Å². The summed E-state index contributed by atoms with van der Waals surface area (Å²) in [7, 11) is 1.94. The Balaban J connectivity index is 1.54. The number of carbonyl (C=O) groups is 1. The average Bonchev–Trinajstić information content (AvgIpc) is 3.40. The number of carbonyl (C=O) groups excluding carboxylic acids is 1. The van der Waals surface area contributed by atoms with Gasteiger partial charge >= 0.3 is 0 Å². The molecule has 0 bridgehead atoms. The van der Waals surface area contributed by atoms with Crippen LogP contribution in [0.2, 0.25) is 0 Å². The van der Waals surface area contributed by atoms with E-state index < -0.39 is 0 Å². The summed E-state index contributed by atoms with van der Waals surface area (Å²) in [5.74, 6) is 0.547. The van der Waals surface area contributed by atoms with Crippen LogP contribution in [0.4, 0.5) is 0 Å². The first-order chi connectivity index (χ1) is 13.8. The molecule has 29 heavy (non-hydrogen) atoms. The lowest BCUT2D eigenvalue weighted by molar-refractivity contribution is 0.0785. The molecule has 1 N–H and O–H groups in total. The summed E-state index contributed by atoms with van der Waals surface area (Å²) in [6, 6.07) is 6.12. The third-order valence-electron chi connectivity index (χ3n) is 5.63. The molecule has 1 atom stereocenters. The Kier molecular flexibility index (Phi) is 4.98. The van der Waals surface area contributed by atoms with E-state index in [1.54, 1.807) is 0 Å². The van der Waals surface area contributed by atoms with Gasteiger partial charge in [0.05, 0.1) is 5.69 Å². The maximum atomic E-state index is 12.9. The number of H-pyrrole nitrogens is 1. The van der Waals surface area contributed by atoms with E-state index in [-0.39, 0.29) is 11.8 Å². The van der Waals surface area contributed by atoms with E-state index in [0.717, 1.165) is 46.9 Å². The molecule has 0 spiro atoms. The number of nitrogens with one attached hydrogen (secondary N) is 1. The number of hydrogen-bond acceptors (Lipinski definition) is 4. The van der Waals surface area contributed by atoms with Crippen LogP contribution >= 0.6 is 0 Å². The number of aryl methyl sites for hydroxylation is 3. The predicted molar refractivity (Wildman–Crippen MR) is 112 cm³/mol. The highest BCUT2D eigenvalue weighted by molar-refractivity contribution is 5.92. The fourth-order valence-electron chi connectivity index (χ4n) is 4.03. The Morgan fingerprint density at radius 3 is 2.69 bits per heavy atom. The second kappa shape index (κ2) is 7.46. The highest BCUT2D eigenvalue weighted by Gasteiger charge is 2.30. The van der Waals surface area contributed by atoms with Crippen molar-refractivity contribution in [1.82, 2.24) is 29.9 Å². The Hall–Kier alpha value is -2.96. The van der Waals surface area contributed by atoms with E-state index in [1.807, 2.05) is 42.7 Å². The van der Waals surface area contributed by atoms with Crippen molar-refractivity contribution in [3.05, 3.63) is 52.9 Å². The highest BCUT2D eigenvalue weighted by Crippen LogP contribution is 2.31. The zero-order valence-corrected chi connectivity index (χ0v) is 17.7. The number of hydrogen-bond donors (Lipinski definition) is 1. The van der Waals surface area contributed by atoms with Gasteiger partial charge in [-0.1, -0.05) is 13.8 Å². The molecule has 0 aliphatic carbocycles. The molecule has 7 nitrogen and oxygen atoms in total. The molecule has 4 rings (SSSR count). The summed E-state index contributed by atoms with van der Waals surface area (Å²) in [6.07, 6.45) is 2.96. The molecule has 1 unspecified atom stereocenters. The quantitative estimate of drug-likeness (QED) is 0.736. The summed E-state index contributed by atoms with van der Waals surface area (Å²) in [6.45, 7) is 9.61. The fourth-order valence-corrected chi connectivity index (χ4v) is 4.03. The molecule has 1 amide bonds. The van der Waals surface area contributed by atoms with Crippen LogP contribution in [0.3, 0.4) is 0 Å². The van der Waals surface area contributed by atoms with Gasteiger partial charge in [-0.05, 0) is 49.9 Å². The number of aromatic nitrogens is 5. The van der Waals surface area contributed by atoms with Crippen LogP contribution in [0, 0.1) is 13.8 Å². The number of pyridine rings is 1. The largest absolute Gasteiger partial charge is 0.337 e. The molecular formula is C22H28N6O. The summed E-state index contributed by atoms with van der Waals surface area (Å²) in [5, 5.41) is 11.7. The van der Waals surface area contributed by atoms with Gasteiger partial charge in [-0.25, -0.2) is 0 Å². The Morgan fingerprint density at radius 1 is 1.24 bits per heavy atom. The summed E-state index contributed by atoms with van der Waals surface area (Å²) >= 11 is 0. The molecule has 1 fully saturated rings. The fraction of sp³-hybridized carbons (Fsp3) is 0.455. The van der Waals surface area contributed by atoms with Gasteiger partial charge in [0.1, 0.15) is 5.69 Å². The second-order valence-corrected chi connectivity index (χ2v) is 8.32. The first kappa shape index (κ1) is 19.4. The lowest BCUT2D eigenvalue weighted by Gasteiger charge is -2.16. The van der Waals surface area contributed by atoms with Crippen LogP contribution in [-0.4, -0.2) is 48.9 Å². The lowest BCUT2D eigenvalue weighted by atomic mass is 9.99. The number of aromatic amines is 1. The van der Waals surface area contributed by atoms with Gasteiger partial charge in [-0.2, -0.15) is 10.2 Å². The van der Waals surface area contributed by atoms with Crippen molar-refractivity contribution < 1.29 is 4.79 Å². The van der Waals surface area contributed by atoms with Crippen molar-refractivity contribution in [2.75, 3.05) is 13.1 Å². The van der Waals surface area contributed by atoms with Crippen molar-refractivity contribution in [1.29, 1.82) is 0 Å². The first-order valence-electron chi connectivity index (χ1n) is 10.2. The van der Waals surface area contributed by atoms with Crippen LogP contribution in [-0.2, 0) is 7.05 Å². The summed E-state index contributed by atoms with van der Waals surface area (Å²) < 4.78 is 1.84. The van der Waals surface area contributed by atoms with E-state index >= 15 is 0 Å². The molecule has 7 heteroatoms. The normalized spacial score (nSPS) is 16.8. The van der Waals surface area contributed by atoms with Crippen molar-refractivity contribution in [3.8, 4) is 11.1 Å². The van der Waals surface area contributed by atoms with Crippen molar-refractivity contribution in [3.63, 3.8) is 0 Å².